The molecule has 0 saturated heterocycles. The lowest BCUT2D eigenvalue weighted by atomic mass is 10.0. The maximum atomic E-state index is 10.9. The molecule has 0 aliphatic carbocycles. The number of phenols is 1. The van der Waals surface area contributed by atoms with Crippen LogP contribution in [0.15, 0.2) is 79.0 Å². The Balaban J connectivity index is 0.000000210. The number of carbonyl (C=O) groups is 1. The van der Waals surface area contributed by atoms with Crippen molar-refractivity contribution in [1.82, 2.24) is 4.98 Å². The molecule has 31 heavy (non-hydrogen) atoms. The summed E-state index contributed by atoms with van der Waals surface area (Å²) in [5.74, 6) is -0.109. The number of hydrogen-bond donors (Lipinski definition) is 4. The van der Waals surface area contributed by atoms with Gasteiger partial charge in [-0.05, 0) is 35.7 Å². The number of fused-ring (bicyclic) bond motifs is 1. The molecule has 4 aromatic rings. The van der Waals surface area contributed by atoms with E-state index in [0.717, 1.165) is 22.0 Å². The van der Waals surface area contributed by atoms with Gasteiger partial charge in [0.1, 0.15) is 17.1 Å². The molecular formula is C24H24N4O3. The van der Waals surface area contributed by atoms with Crippen molar-refractivity contribution in [1.29, 1.82) is 0 Å². The van der Waals surface area contributed by atoms with Gasteiger partial charge in [0.05, 0.1) is 12.8 Å². The third kappa shape index (κ3) is 5.22. The van der Waals surface area contributed by atoms with Crippen molar-refractivity contribution in [2.24, 2.45) is 0 Å². The number of nitrogens with one attached hydrogen (secondary N) is 1. The first-order valence-corrected chi connectivity index (χ1v) is 9.58. The molecule has 6 N–H and O–H groups in total. The molecule has 0 aliphatic rings. The highest BCUT2D eigenvalue weighted by atomic mass is 16.5. The summed E-state index contributed by atoms with van der Waals surface area (Å²) < 4.78 is 4.46. The minimum Gasteiger partial charge on any atom is -0.505 e. The predicted molar refractivity (Wildman–Crippen MR) is 124 cm³/mol. The third-order valence-electron chi connectivity index (χ3n) is 4.64. The Kier molecular flexibility index (Phi) is 6.90. The number of rotatable bonds is 4. The number of benzene rings is 3. The van der Waals surface area contributed by atoms with E-state index in [1.165, 1.54) is 13.3 Å². The Labute approximate surface area is 180 Å². The van der Waals surface area contributed by atoms with Gasteiger partial charge in [0.25, 0.3) is 0 Å². The molecule has 0 aliphatic heterocycles. The summed E-state index contributed by atoms with van der Waals surface area (Å²) >= 11 is 0. The van der Waals surface area contributed by atoms with Crippen LogP contribution < -0.4 is 16.8 Å². The number of anilines is 3. The minimum absolute atomic E-state index is 0.159. The van der Waals surface area contributed by atoms with E-state index in [4.69, 9.17) is 11.5 Å². The van der Waals surface area contributed by atoms with Gasteiger partial charge in [-0.3, -0.25) is 0 Å². The van der Waals surface area contributed by atoms with Crippen molar-refractivity contribution < 1.29 is 14.6 Å². The molecule has 7 heteroatoms. The van der Waals surface area contributed by atoms with E-state index in [2.05, 4.69) is 15.0 Å². The van der Waals surface area contributed by atoms with Crippen molar-refractivity contribution in [3.63, 3.8) is 0 Å². The van der Waals surface area contributed by atoms with Crippen LogP contribution in [-0.2, 0) is 11.3 Å². The summed E-state index contributed by atoms with van der Waals surface area (Å²) in [6.45, 7) is 0.533. The molecule has 0 atom stereocenters. The topological polar surface area (TPSA) is 123 Å². The van der Waals surface area contributed by atoms with Gasteiger partial charge in [-0.25, -0.2) is 9.78 Å². The van der Waals surface area contributed by atoms with E-state index in [9.17, 15) is 9.90 Å². The number of hydrogen-bond acceptors (Lipinski definition) is 7. The maximum absolute atomic E-state index is 10.9. The molecule has 7 nitrogen and oxygen atoms in total. The lowest BCUT2D eigenvalue weighted by Crippen LogP contribution is -2.06. The van der Waals surface area contributed by atoms with Crippen LogP contribution in [0.5, 0.6) is 5.75 Å². The number of nitrogens with two attached hydrogens (primary N) is 2. The fourth-order valence-corrected chi connectivity index (χ4v) is 3.01. The molecule has 0 amide bonds. The summed E-state index contributed by atoms with van der Waals surface area (Å²) in [5.41, 5.74) is 13.9. The Morgan fingerprint density at radius 2 is 1.74 bits per heavy atom. The largest absolute Gasteiger partial charge is 0.505 e. The van der Waals surface area contributed by atoms with Gasteiger partial charge < -0.3 is 26.6 Å². The zero-order chi connectivity index (χ0) is 22.2. The van der Waals surface area contributed by atoms with Gasteiger partial charge >= 0.3 is 5.97 Å². The highest BCUT2D eigenvalue weighted by Crippen LogP contribution is 2.33. The average molecular weight is 416 g/mol. The first-order valence-electron chi connectivity index (χ1n) is 9.58. The molecule has 0 bridgehead atoms. The molecular weight excluding hydrogens is 392 g/mol. The molecule has 158 valence electrons. The Morgan fingerprint density at radius 3 is 2.45 bits per heavy atom. The molecule has 1 heterocycles. The number of aromatic nitrogens is 1. The maximum Gasteiger partial charge on any atom is 0.341 e. The van der Waals surface area contributed by atoms with Gasteiger partial charge in [0.15, 0.2) is 0 Å². The molecule has 0 radical (unpaired) electrons. The van der Waals surface area contributed by atoms with Crippen molar-refractivity contribution in [2.45, 2.75) is 6.54 Å². The molecule has 0 fully saturated rings. The third-order valence-corrected chi connectivity index (χ3v) is 4.64. The van der Waals surface area contributed by atoms with Crippen LogP contribution in [0.4, 0.5) is 17.2 Å². The van der Waals surface area contributed by atoms with E-state index < -0.39 is 5.97 Å². The first kappa shape index (κ1) is 21.4. The Morgan fingerprint density at radius 1 is 1.03 bits per heavy atom. The molecule has 1 aromatic heterocycles. The quantitative estimate of drug-likeness (QED) is 0.223. The minimum atomic E-state index is -0.462. The number of nitrogen functional groups attached to an aromatic ring is 2. The summed E-state index contributed by atoms with van der Waals surface area (Å²) in [4.78, 5) is 14.6. The van der Waals surface area contributed by atoms with Crippen molar-refractivity contribution >= 4 is 33.9 Å². The van der Waals surface area contributed by atoms with Crippen LogP contribution in [-0.4, -0.2) is 23.2 Å². The van der Waals surface area contributed by atoms with Gasteiger partial charge in [-0.15, -0.1) is 0 Å². The van der Waals surface area contributed by atoms with Gasteiger partial charge in [-0.2, -0.15) is 0 Å². The van der Waals surface area contributed by atoms with Gasteiger partial charge in [0.2, 0.25) is 0 Å². The number of methoxy groups -OCH3 is 1. The number of ether oxygens (including phenoxy) is 1. The standard InChI is InChI=1S/C17H16N2O.C7H8N2O2/c18-16-15-9-5-4-6-12(15)10-13(17(16)20)11-19-14-7-2-1-3-8-14;1-11-7(10)5-3-2-4-9-6(5)8/h1-10,19-20H,11,18H2;2-4H,1H3,(H2,8,9). The zero-order valence-electron chi connectivity index (χ0n) is 17.1. The van der Waals surface area contributed by atoms with Crippen molar-refractivity contribution in [2.75, 3.05) is 23.9 Å². The first-order chi connectivity index (χ1) is 15.0. The van der Waals surface area contributed by atoms with E-state index in [0.29, 0.717) is 17.8 Å². The molecule has 3 aromatic carbocycles. The highest BCUT2D eigenvalue weighted by molar-refractivity contribution is 5.96. The number of phenolic OH excluding ortho intramolecular Hbond substituents is 1. The second-order valence-corrected chi connectivity index (χ2v) is 6.67. The zero-order valence-corrected chi connectivity index (χ0v) is 17.1. The number of aromatic hydroxyl groups is 1. The van der Waals surface area contributed by atoms with E-state index in [1.807, 2.05) is 60.7 Å². The van der Waals surface area contributed by atoms with Gasteiger partial charge in [-0.1, -0.05) is 42.5 Å². The van der Waals surface area contributed by atoms with Crippen molar-refractivity contribution in [3.8, 4) is 5.75 Å². The number of para-hydroxylation sites is 1. The molecule has 4 rings (SSSR count). The van der Waals surface area contributed by atoms with Crippen LogP contribution in [0, 0.1) is 0 Å². The number of carbonyl (C=O) groups excluding carboxylic acids is 1. The van der Waals surface area contributed by atoms with Crippen LogP contribution in [0.2, 0.25) is 0 Å². The SMILES string of the molecule is COC(=O)c1cccnc1N.Nc1c(O)c(CNc2ccccc2)cc2ccccc12. The number of pyridine rings is 1. The van der Waals surface area contributed by atoms with Crippen molar-refractivity contribution in [3.05, 3.63) is 90.1 Å². The summed E-state index contributed by atoms with van der Waals surface area (Å²) in [6, 6.07) is 22.8. The predicted octanol–water partition coefficient (Wildman–Crippen LogP) is 4.19. The summed E-state index contributed by atoms with van der Waals surface area (Å²) in [7, 11) is 1.30. The van der Waals surface area contributed by atoms with Crippen LogP contribution >= 0.6 is 0 Å². The Hall–Kier alpha value is -4.26. The lowest BCUT2D eigenvalue weighted by Gasteiger charge is -2.12. The second-order valence-electron chi connectivity index (χ2n) is 6.67. The van der Waals surface area contributed by atoms with Gasteiger partial charge in [0, 0.05) is 29.4 Å². The van der Waals surface area contributed by atoms with E-state index in [-0.39, 0.29) is 11.6 Å². The molecule has 0 saturated carbocycles. The fraction of sp³-hybridized carbons (Fsp3) is 0.0833. The number of nitrogens with zero attached hydrogens (tertiary/aromatic N) is 1. The smallest absolute Gasteiger partial charge is 0.341 e. The Bertz CT molecular complexity index is 1180. The normalized spacial score (nSPS) is 10.1. The fourth-order valence-electron chi connectivity index (χ4n) is 3.01. The second kappa shape index (κ2) is 9.98. The monoisotopic (exact) mass is 416 g/mol. The average Bonchev–Trinajstić information content (AvgIpc) is 2.81. The van der Waals surface area contributed by atoms with Crippen LogP contribution in [0.3, 0.4) is 0 Å². The summed E-state index contributed by atoms with van der Waals surface area (Å²) in [5, 5.41) is 15.4. The summed E-state index contributed by atoms with van der Waals surface area (Å²) in [6.07, 6.45) is 1.52. The number of esters is 1. The molecule has 0 unspecified atom stereocenters. The van der Waals surface area contributed by atoms with Crippen LogP contribution in [0.25, 0.3) is 10.8 Å². The van der Waals surface area contributed by atoms with E-state index in [1.54, 1.807) is 12.1 Å². The van der Waals surface area contributed by atoms with E-state index >= 15 is 0 Å². The highest BCUT2D eigenvalue weighted by Gasteiger charge is 2.10. The van der Waals surface area contributed by atoms with Crippen LogP contribution in [0.1, 0.15) is 15.9 Å². The lowest BCUT2D eigenvalue weighted by molar-refractivity contribution is 0.0601. The molecule has 0 spiro atoms.